The highest BCUT2D eigenvalue weighted by Gasteiger charge is 2.22. The summed E-state index contributed by atoms with van der Waals surface area (Å²) in [5.74, 6) is 0.879. The molecule has 0 aromatic heterocycles. The molecule has 0 N–H and O–H groups in total. The molecular formula is C13H17O3. The van der Waals surface area contributed by atoms with Crippen molar-refractivity contribution < 1.29 is 14.5 Å². The maximum atomic E-state index is 5.68. The molecule has 16 heavy (non-hydrogen) atoms. The molecule has 0 spiro atoms. The fourth-order valence-corrected chi connectivity index (χ4v) is 1.66. The minimum absolute atomic E-state index is 0.668. The summed E-state index contributed by atoms with van der Waals surface area (Å²) in [7, 11) is 0. The maximum absolute atomic E-state index is 5.68. The van der Waals surface area contributed by atoms with E-state index in [1.54, 1.807) is 0 Å². The smallest absolute Gasteiger partial charge is 0.168 e. The van der Waals surface area contributed by atoms with Gasteiger partial charge in [-0.15, -0.1) is 0 Å². The van der Waals surface area contributed by atoms with Crippen LogP contribution in [0.5, 0.6) is 5.75 Å². The van der Waals surface area contributed by atoms with Crippen LogP contribution in [0.15, 0.2) is 24.3 Å². The van der Waals surface area contributed by atoms with Gasteiger partial charge in [-0.05, 0) is 25.3 Å². The van der Waals surface area contributed by atoms with Gasteiger partial charge in [0, 0.05) is 5.56 Å². The highest BCUT2D eigenvalue weighted by molar-refractivity contribution is 5.41. The Morgan fingerprint density at radius 1 is 1.31 bits per heavy atom. The van der Waals surface area contributed by atoms with Crippen molar-refractivity contribution in [1.82, 2.24) is 0 Å². The molecule has 0 bridgehead atoms. The second kappa shape index (κ2) is 5.87. The van der Waals surface area contributed by atoms with Crippen LogP contribution >= 0.6 is 0 Å². The van der Waals surface area contributed by atoms with Crippen LogP contribution < -0.4 is 4.74 Å². The minimum Gasteiger partial charge on any atom is -0.493 e. The Morgan fingerprint density at radius 2 is 2.19 bits per heavy atom. The van der Waals surface area contributed by atoms with Crippen molar-refractivity contribution in [2.75, 3.05) is 13.2 Å². The highest BCUT2D eigenvalue weighted by Crippen LogP contribution is 2.32. The van der Waals surface area contributed by atoms with Crippen molar-refractivity contribution in [2.24, 2.45) is 0 Å². The lowest BCUT2D eigenvalue weighted by Crippen LogP contribution is -2.15. The zero-order chi connectivity index (χ0) is 11.2. The molecule has 0 saturated carbocycles. The third-order valence-corrected chi connectivity index (χ3v) is 2.44. The van der Waals surface area contributed by atoms with Gasteiger partial charge in [-0.3, -0.25) is 0 Å². The normalized spacial score (nSPS) is 17.3. The number of para-hydroxylation sites is 1. The van der Waals surface area contributed by atoms with Crippen molar-refractivity contribution in [1.29, 1.82) is 0 Å². The van der Waals surface area contributed by atoms with E-state index >= 15 is 0 Å². The van der Waals surface area contributed by atoms with Gasteiger partial charge >= 0.3 is 0 Å². The molecular weight excluding hydrogens is 204 g/mol. The molecule has 3 nitrogen and oxygen atoms in total. The standard InChI is InChI=1S/C13H17O3/c1-2-9-14-12-7-4-3-6-11(12)13-8-5-10-15-16-13/h3-4,6-7H,2,5,8-10H2,1H3. The molecule has 3 heteroatoms. The SMILES string of the molecule is CCCOc1ccccc1[C]1CCCOO1. The Labute approximate surface area is 96.3 Å². The molecule has 0 atom stereocenters. The maximum Gasteiger partial charge on any atom is 0.168 e. The summed E-state index contributed by atoms with van der Waals surface area (Å²) >= 11 is 0. The van der Waals surface area contributed by atoms with E-state index in [1.165, 1.54) is 0 Å². The Bertz CT molecular complexity index is 319. The van der Waals surface area contributed by atoms with Crippen LogP contribution in [0.2, 0.25) is 0 Å². The van der Waals surface area contributed by atoms with Crippen molar-refractivity contribution in [3.63, 3.8) is 0 Å². The van der Waals surface area contributed by atoms with E-state index in [-0.39, 0.29) is 0 Å². The fourth-order valence-electron chi connectivity index (χ4n) is 1.66. The number of ether oxygens (including phenoxy) is 1. The van der Waals surface area contributed by atoms with E-state index in [0.717, 1.165) is 43.3 Å². The Morgan fingerprint density at radius 3 is 2.94 bits per heavy atom. The van der Waals surface area contributed by atoms with Gasteiger partial charge in [0.15, 0.2) is 6.10 Å². The largest absolute Gasteiger partial charge is 0.493 e. The lowest BCUT2D eigenvalue weighted by Gasteiger charge is -2.22. The van der Waals surface area contributed by atoms with Crippen LogP contribution in [0, 0.1) is 6.10 Å². The first-order chi connectivity index (χ1) is 7.92. The first-order valence-corrected chi connectivity index (χ1v) is 5.79. The van der Waals surface area contributed by atoms with E-state index < -0.39 is 0 Å². The quantitative estimate of drug-likeness (QED) is 0.731. The molecule has 1 aromatic rings. The third kappa shape index (κ3) is 2.74. The molecule has 87 valence electrons. The summed E-state index contributed by atoms with van der Waals surface area (Å²) in [6, 6.07) is 7.93. The van der Waals surface area contributed by atoms with E-state index in [9.17, 15) is 0 Å². The molecule has 1 saturated heterocycles. The molecule has 1 aromatic carbocycles. The van der Waals surface area contributed by atoms with Crippen LogP contribution in [0.1, 0.15) is 31.7 Å². The van der Waals surface area contributed by atoms with Crippen LogP contribution in [0.25, 0.3) is 0 Å². The lowest BCUT2D eigenvalue weighted by atomic mass is 10.0. The van der Waals surface area contributed by atoms with Crippen LogP contribution in [0.3, 0.4) is 0 Å². The molecule has 1 aliphatic heterocycles. The number of rotatable bonds is 4. The summed E-state index contributed by atoms with van der Waals surface area (Å²) in [5.41, 5.74) is 1.01. The average Bonchev–Trinajstić information content (AvgIpc) is 2.38. The van der Waals surface area contributed by atoms with Gasteiger partial charge in [0.2, 0.25) is 0 Å². The van der Waals surface area contributed by atoms with Crippen molar-refractivity contribution in [3.05, 3.63) is 35.9 Å². The molecule has 0 amide bonds. The van der Waals surface area contributed by atoms with E-state index in [1.807, 2.05) is 24.3 Å². The van der Waals surface area contributed by atoms with E-state index in [0.29, 0.717) is 6.61 Å². The zero-order valence-corrected chi connectivity index (χ0v) is 9.57. The van der Waals surface area contributed by atoms with Crippen molar-refractivity contribution >= 4 is 0 Å². The predicted octanol–water partition coefficient (Wildman–Crippen LogP) is 3.10. The summed E-state index contributed by atoms with van der Waals surface area (Å²) < 4.78 is 5.68. The van der Waals surface area contributed by atoms with Crippen LogP contribution in [-0.2, 0) is 9.78 Å². The van der Waals surface area contributed by atoms with Crippen LogP contribution in [0.4, 0.5) is 0 Å². The molecule has 2 rings (SSSR count). The molecule has 1 radical (unpaired) electrons. The van der Waals surface area contributed by atoms with Gasteiger partial charge in [0.25, 0.3) is 0 Å². The van der Waals surface area contributed by atoms with Gasteiger partial charge in [-0.25, -0.2) is 9.78 Å². The third-order valence-electron chi connectivity index (χ3n) is 2.44. The average molecular weight is 221 g/mol. The second-order valence-corrected chi connectivity index (χ2v) is 3.78. The lowest BCUT2D eigenvalue weighted by molar-refractivity contribution is -0.300. The number of benzene rings is 1. The molecule has 0 unspecified atom stereocenters. The van der Waals surface area contributed by atoms with Gasteiger partial charge < -0.3 is 4.74 Å². The van der Waals surface area contributed by atoms with Crippen molar-refractivity contribution in [2.45, 2.75) is 26.2 Å². The summed E-state index contributed by atoms with van der Waals surface area (Å²) in [4.78, 5) is 10.2. The van der Waals surface area contributed by atoms with Gasteiger partial charge in [-0.2, -0.15) is 0 Å². The Balaban J connectivity index is 2.11. The predicted molar refractivity (Wildman–Crippen MR) is 60.8 cm³/mol. The molecule has 1 fully saturated rings. The monoisotopic (exact) mass is 221 g/mol. The first-order valence-electron chi connectivity index (χ1n) is 5.79. The summed E-state index contributed by atoms with van der Waals surface area (Å²) in [6.07, 6.45) is 3.78. The van der Waals surface area contributed by atoms with Crippen molar-refractivity contribution in [3.8, 4) is 5.75 Å². The molecule has 1 aliphatic rings. The summed E-state index contributed by atoms with van der Waals surface area (Å²) in [5, 5.41) is 0. The van der Waals surface area contributed by atoms with Crippen LogP contribution in [-0.4, -0.2) is 13.2 Å². The van der Waals surface area contributed by atoms with E-state index in [2.05, 4.69) is 6.92 Å². The van der Waals surface area contributed by atoms with E-state index in [4.69, 9.17) is 14.5 Å². The fraction of sp³-hybridized carbons (Fsp3) is 0.462. The van der Waals surface area contributed by atoms with Gasteiger partial charge in [-0.1, -0.05) is 25.1 Å². The zero-order valence-electron chi connectivity index (χ0n) is 9.57. The minimum atomic E-state index is 0.668. The first kappa shape index (κ1) is 11.4. The van der Waals surface area contributed by atoms with Gasteiger partial charge in [0.05, 0.1) is 13.2 Å². The number of hydrogen-bond donors (Lipinski definition) is 0. The Kier molecular flexibility index (Phi) is 4.19. The second-order valence-electron chi connectivity index (χ2n) is 3.78. The highest BCUT2D eigenvalue weighted by atomic mass is 17.2. The number of hydrogen-bond acceptors (Lipinski definition) is 3. The molecule has 1 heterocycles. The topological polar surface area (TPSA) is 27.7 Å². The summed E-state index contributed by atoms with van der Waals surface area (Å²) in [6.45, 7) is 3.49. The Hall–Kier alpha value is -1.06. The van der Waals surface area contributed by atoms with Gasteiger partial charge in [0.1, 0.15) is 5.75 Å². The molecule has 0 aliphatic carbocycles.